The van der Waals surface area contributed by atoms with Gasteiger partial charge in [-0.1, -0.05) is 29.4 Å². The van der Waals surface area contributed by atoms with Crippen LogP contribution in [0.25, 0.3) is 11.4 Å². The lowest BCUT2D eigenvalue weighted by molar-refractivity contribution is -0.159. The van der Waals surface area contributed by atoms with E-state index in [0.29, 0.717) is 18.7 Å². The Labute approximate surface area is 141 Å². The third-order valence-electron chi connectivity index (χ3n) is 3.45. The van der Waals surface area contributed by atoms with E-state index in [1.165, 1.54) is 14.2 Å². The minimum atomic E-state index is -4.68. The zero-order chi connectivity index (χ0) is 18.6. The van der Waals surface area contributed by atoms with Crippen LogP contribution in [0.5, 0.6) is 0 Å². The molecule has 0 bridgehead atoms. The molecule has 7 nitrogen and oxygen atoms in total. The zero-order valence-electron chi connectivity index (χ0n) is 13.9. The first kappa shape index (κ1) is 18.7. The molecular formula is C15H17F3N4O3. The van der Waals surface area contributed by atoms with Crippen LogP contribution in [-0.2, 0) is 17.6 Å². The van der Waals surface area contributed by atoms with Gasteiger partial charge in [0.05, 0.1) is 7.11 Å². The molecule has 0 saturated carbocycles. The van der Waals surface area contributed by atoms with Crippen molar-refractivity contribution in [3.8, 4) is 11.4 Å². The van der Waals surface area contributed by atoms with E-state index in [4.69, 9.17) is 4.84 Å². The van der Waals surface area contributed by atoms with E-state index >= 15 is 0 Å². The summed E-state index contributed by atoms with van der Waals surface area (Å²) < 4.78 is 41.7. The lowest BCUT2D eigenvalue weighted by atomic mass is 10.1. The average molecular weight is 358 g/mol. The molecule has 0 N–H and O–H groups in total. The number of carbonyl (C=O) groups excluding carboxylic acids is 1. The molecule has 1 aromatic heterocycles. The van der Waals surface area contributed by atoms with Crippen molar-refractivity contribution < 1.29 is 27.3 Å². The molecule has 0 aliphatic rings. The monoisotopic (exact) mass is 358 g/mol. The number of hydrogen-bond acceptors (Lipinski definition) is 5. The van der Waals surface area contributed by atoms with Crippen LogP contribution in [0.3, 0.4) is 0 Å². The lowest BCUT2D eigenvalue weighted by Crippen LogP contribution is -2.40. The number of halogens is 3. The van der Waals surface area contributed by atoms with Crippen LogP contribution in [0.4, 0.5) is 18.0 Å². The van der Waals surface area contributed by atoms with E-state index in [1.54, 1.807) is 29.2 Å². The minimum absolute atomic E-state index is 0.151. The quantitative estimate of drug-likeness (QED) is 0.768. The van der Waals surface area contributed by atoms with Gasteiger partial charge in [-0.3, -0.25) is 4.84 Å². The van der Waals surface area contributed by atoms with Gasteiger partial charge in [-0.15, -0.1) is 0 Å². The lowest BCUT2D eigenvalue weighted by Gasteiger charge is -2.25. The second kappa shape index (κ2) is 7.51. The average Bonchev–Trinajstić information content (AvgIpc) is 3.09. The van der Waals surface area contributed by atoms with Gasteiger partial charge in [0.25, 0.3) is 0 Å². The highest BCUT2D eigenvalue weighted by Crippen LogP contribution is 2.29. The third-order valence-corrected chi connectivity index (χ3v) is 3.45. The molecule has 0 aliphatic heterocycles. The first-order chi connectivity index (χ1) is 11.8. The molecule has 0 aliphatic carbocycles. The minimum Gasteiger partial charge on any atom is -0.329 e. The molecule has 0 unspecified atom stereocenters. The van der Waals surface area contributed by atoms with Crippen molar-refractivity contribution in [3.05, 3.63) is 35.7 Å². The SMILES string of the molecule is CCN(Cc1ccc(-c2noc(C(F)(F)F)n2)cc1)C(=O)N(C)OC. The molecule has 0 fully saturated rings. The number of amides is 2. The summed E-state index contributed by atoms with van der Waals surface area (Å²) >= 11 is 0. The summed E-state index contributed by atoms with van der Waals surface area (Å²) in [6.07, 6.45) is -4.68. The van der Waals surface area contributed by atoms with Crippen molar-refractivity contribution in [2.75, 3.05) is 20.7 Å². The molecule has 0 saturated heterocycles. The number of hydroxylamine groups is 2. The molecule has 0 spiro atoms. The zero-order valence-corrected chi connectivity index (χ0v) is 13.9. The van der Waals surface area contributed by atoms with Gasteiger partial charge >= 0.3 is 18.1 Å². The number of nitrogens with zero attached hydrogens (tertiary/aromatic N) is 4. The summed E-state index contributed by atoms with van der Waals surface area (Å²) in [5.41, 5.74) is 1.18. The van der Waals surface area contributed by atoms with E-state index in [1.807, 2.05) is 6.92 Å². The topological polar surface area (TPSA) is 71.7 Å². The molecular weight excluding hydrogens is 341 g/mol. The molecule has 10 heteroatoms. The summed E-state index contributed by atoms with van der Waals surface area (Å²) in [5, 5.41) is 4.44. The van der Waals surface area contributed by atoms with Gasteiger partial charge in [-0.25, -0.2) is 9.86 Å². The fourth-order valence-corrected chi connectivity index (χ4v) is 2.03. The molecule has 136 valence electrons. The molecule has 25 heavy (non-hydrogen) atoms. The number of rotatable bonds is 5. The number of urea groups is 1. The Morgan fingerprint density at radius 3 is 2.40 bits per heavy atom. The number of alkyl halides is 3. The van der Waals surface area contributed by atoms with E-state index < -0.39 is 12.1 Å². The number of aromatic nitrogens is 2. The molecule has 1 aromatic carbocycles. The van der Waals surface area contributed by atoms with Gasteiger partial charge in [-0.05, 0) is 12.5 Å². The number of benzene rings is 1. The van der Waals surface area contributed by atoms with Gasteiger partial charge in [0.1, 0.15) is 0 Å². The predicted octanol–water partition coefficient (Wildman–Crippen LogP) is 3.19. The highest BCUT2D eigenvalue weighted by Gasteiger charge is 2.38. The first-order valence-corrected chi connectivity index (χ1v) is 7.33. The summed E-state index contributed by atoms with van der Waals surface area (Å²) in [6.45, 7) is 2.62. The standard InChI is InChI=1S/C15H17F3N4O3/c1-4-22(14(23)21(2)24-3)9-10-5-7-11(8-6-10)12-19-13(25-20-12)15(16,17)18/h5-8H,4,9H2,1-3H3. The summed E-state index contributed by atoms with van der Waals surface area (Å²) in [7, 11) is 2.89. The van der Waals surface area contributed by atoms with Crippen LogP contribution < -0.4 is 0 Å². The van der Waals surface area contributed by atoms with Crippen LogP contribution in [0.15, 0.2) is 28.8 Å². The maximum absolute atomic E-state index is 12.5. The maximum atomic E-state index is 12.5. The van der Waals surface area contributed by atoms with Crippen LogP contribution in [-0.4, -0.2) is 46.8 Å². The van der Waals surface area contributed by atoms with E-state index in [-0.39, 0.29) is 11.9 Å². The van der Waals surface area contributed by atoms with E-state index in [0.717, 1.165) is 10.6 Å². The van der Waals surface area contributed by atoms with Crippen molar-refractivity contribution >= 4 is 6.03 Å². The van der Waals surface area contributed by atoms with Crippen LogP contribution in [0.1, 0.15) is 18.4 Å². The summed E-state index contributed by atoms with van der Waals surface area (Å²) in [5.74, 6) is -1.54. The number of hydrogen-bond donors (Lipinski definition) is 0. The van der Waals surface area contributed by atoms with Gasteiger partial charge in [-0.2, -0.15) is 18.2 Å². The molecule has 0 radical (unpaired) electrons. The smallest absolute Gasteiger partial charge is 0.329 e. The maximum Gasteiger partial charge on any atom is 0.471 e. The Hall–Kier alpha value is -2.62. The van der Waals surface area contributed by atoms with Gasteiger partial charge in [0.15, 0.2) is 0 Å². The van der Waals surface area contributed by atoms with E-state index in [2.05, 4.69) is 14.7 Å². The van der Waals surface area contributed by atoms with Crippen molar-refractivity contribution in [2.24, 2.45) is 0 Å². The fraction of sp³-hybridized carbons (Fsp3) is 0.400. The second-order valence-corrected chi connectivity index (χ2v) is 5.09. The predicted molar refractivity (Wildman–Crippen MR) is 81.0 cm³/mol. The van der Waals surface area contributed by atoms with Crippen LogP contribution in [0, 0.1) is 0 Å². The van der Waals surface area contributed by atoms with Crippen LogP contribution >= 0.6 is 0 Å². The normalized spacial score (nSPS) is 11.4. The summed E-state index contributed by atoms with van der Waals surface area (Å²) in [4.78, 5) is 21.8. The highest BCUT2D eigenvalue weighted by molar-refractivity contribution is 5.73. The Kier molecular flexibility index (Phi) is 5.62. The molecule has 2 aromatic rings. The molecule has 2 amide bonds. The van der Waals surface area contributed by atoms with Crippen molar-refractivity contribution in [3.63, 3.8) is 0 Å². The Morgan fingerprint density at radius 1 is 1.28 bits per heavy atom. The first-order valence-electron chi connectivity index (χ1n) is 7.33. The fourth-order valence-electron chi connectivity index (χ4n) is 2.03. The van der Waals surface area contributed by atoms with Gasteiger partial charge in [0, 0.05) is 25.7 Å². The van der Waals surface area contributed by atoms with Crippen molar-refractivity contribution in [2.45, 2.75) is 19.6 Å². The Bertz CT molecular complexity index is 716. The van der Waals surface area contributed by atoms with E-state index in [9.17, 15) is 18.0 Å². The molecule has 0 atom stereocenters. The molecule has 2 rings (SSSR count). The van der Waals surface area contributed by atoms with Gasteiger partial charge in [0.2, 0.25) is 5.82 Å². The van der Waals surface area contributed by atoms with Crippen molar-refractivity contribution in [1.29, 1.82) is 0 Å². The number of carbonyl (C=O) groups is 1. The highest BCUT2D eigenvalue weighted by atomic mass is 19.4. The third kappa shape index (κ3) is 4.47. The molecule has 1 heterocycles. The summed E-state index contributed by atoms with van der Waals surface area (Å²) in [6, 6.07) is 6.20. The van der Waals surface area contributed by atoms with Gasteiger partial charge < -0.3 is 9.42 Å². The van der Waals surface area contributed by atoms with Crippen LogP contribution in [0.2, 0.25) is 0 Å². The second-order valence-electron chi connectivity index (χ2n) is 5.09. The Balaban J connectivity index is 2.11. The Morgan fingerprint density at radius 2 is 1.92 bits per heavy atom. The van der Waals surface area contributed by atoms with Crippen molar-refractivity contribution in [1.82, 2.24) is 20.1 Å². The largest absolute Gasteiger partial charge is 0.471 e.